The van der Waals surface area contributed by atoms with Gasteiger partial charge in [-0.05, 0) is 55.8 Å². The average Bonchev–Trinajstić information content (AvgIpc) is 3.15. The van der Waals surface area contributed by atoms with E-state index in [1.54, 1.807) is 0 Å². The molecule has 170 valence electrons. The van der Waals surface area contributed by atoms with Crippen molar-refractivity contribution in [3.05, 3.63) is 71.0 Å². The van der Waals surface area contributed by atoms with Gasteiger partial charge in [-0.15, -0.1) is 0 Å². The van der Waals surface area contributed by atoms with Crippen molar-refractivity contribution in [1.29, 1.82) is 0 Å². The maximum absolute atomic E-state index is 13.7. The first kappa shape index (κ1) is 23.5. The molecule has 1 aromatic heterocycles. The molecule has 2 N–H and O–H groups in total. The summed E-state index contributed by atoms with van der Waals surface area (Å²) in [6, 6.07) is 13.0. The highest BCUT2D eigenvalue weighted by Crippen LogP contribution is 2.36. The van der Waals surface area contributed by atoms with E-state index in [4.69, 9.17) is 11.6 Å². The molecular formula is C22H23ClF3N5O. The zero-order valence-corrected chi connectivity index (χ0v) is 18.3. The summed E-state index contributed by atoms with van der Waals surface area (Å²) >= 11 is 5.81. The Kier molecular flexibility index (Phi) is 7.29. The van der Waals surface area contributed by atoms with Crippen LogP contribution in [0.1, 0.15) is 18.2 Å². The summed E-state index contributed by atoms with van der Waals surface area (Å²) in [5, 5.41) is 9.06. The molecule has 0 fully saturated rings. The van der Waals surface area contributed by atoms with Crippen LogP contribution < -0.4 is 15.5 Å². The first-order chi connectivity index (χ1) is 15.2. The fourth-order valence-electron chi connectivity index (χ4n) is 3.26. The van der Waals surface area contributed by atoms with E-state index in [1.165, 1.54) is 24.3 Å². The number of halogens is 4. The van der Waals surface area contributed by atoms with Gasteiger partial charge in [0.1, 0.15) is 0 Å². The van der Waals surface area contributed by atoms with Gasteiger partial charge in [-0.2, -0.15) is 18.3 Å². The van der Waals surface area contributed by atoms with Crippen LogP contribution in [-0.4, -0.2) is 35.4 Å². The Morgan fingerprint density at radius 1 is 1.19 bits per heavy atom. The number of nitrogens with one attached hydrogen (secondary N) is 2. The lowest BCUT2D eigenvalue weighted by atomic mass is 10.2. The number of carbonyl (C=O) groups excluding carboxylic acids is 1. The molecule has 0 aliphatic carbocycles. The van der Waals surface area contributed by atoms with Crippen LogP contribution >= 0.6 is 11.6 Å². The number of rotatable bonds is 7. The third kappa shape index (κ3) is 5.73. The number of benzene rings is 2. The number of aryl methyl sites for hydroxylation is 1. The van der Waals surface area contributed by atoms with Gasteiger partial charge in [0.15, 0.2) is 5.69 Å². The van der Waals surface area contributed by atoms with E-state index < -0.39 is 23.6 Å². The number of amides is 2. The minimum atomic E-state index is -4.73. The van der Waals surface area contributed by atoms with Crippen molar-refractivity contribution in [3.63, 3.8) is 0 Å². The van der Waals surface area contributed by atoms with E-state index in [-0.39, 0.29) is 12.2 Å². The predicted octanol–water partition coefficient (Wildman–Crippen LogP) is 5.50. The van der Waals surface area contributed by atoms with Crippen LogP contribution in [0.3, 0.4) is 0 Å². The Bertz CT molecular complexity index is 1070. The molecule has 0 saturated carbocycles. The molecular weight excluding hydrogens is 443 g/mol. The van der Waals surface area contributed by atoms with Crippen LogP contribution in [0, 0.1) is 6.92 Å². The molecule has 0 aliphatic heterocycles. The molecule has 10 heteroatoms. The van der Waals surface area contributed by atoms with Gasteiger partial charge in [-0.3, -0.25) is 0 Å². The molecule has 2 amide bonds. The van der Waals surface area contributed by atoms with Crippen molar-refractivity contribution in [2.24, 2.45) is 0 Å². The summed E-state index contributed by atoms with van der Waals surface area (Å²) in [7, 11) is 0. The number of aromatic nitrogens is 2. The van der Waals surface area contributed by atoms with E-state index in [9.17, 15) is 18.0 Å². The number of hydrogen-bond acceptors (Lipinski definition) is 3. The fraction of sp³-hybridized carbons (Fsp3) is 0.273. The second-order valence-electron chi connectivity index (χ2n) is 7.09. The minimum Gasteiger partial charge on any atom is -0.370 e. The monoisotopic (exact) mass is 465 g/mol. The van der Waals surface area contributed by atoms with Crippen LogP contribution in [0.2, 0.25) is 5.02 Å². The number of hydrogen-bond donors (Lipinski definition) is 2. The molecule has 0 aliphatic rings. The van der Waals surface area contributed by atoms with E-state index >= 15 is 0 Å². The summed E-state index contributed by atoms with van der Waals surface area (Å²) in [6.45, 7) is 5.46. The van der Waals surface area contributed by atoms with Gasteiger partial charge in [0.2, 0.25) is 0 Å². The highest BCUT2D eigenvalue weighted by Gasteiger charge is 2.39. The van der Waals surface area contributed by atoms with Gasteiger partial charge in [0.25, 0.3) is 0 Å². The normalized spacial score (nSPS) is 11.3. The van der Waals surface area contributed by atoms with Crippen molar-refractivity contribution in [1.82, 2.24) is 15.1 Å². The third-order valence-corrected chi connectivity index (χ3v) is 5.02. The lowest BCUT2D eigenvalue weighted by Gasteiger charge is -2.23. The van der Waals surface area contributed by atoms with Crippen LogP contribution in [0.15, 0.2) is 54.7 Å². The van der Waals surface area contributed by atoms with E-state index in [2.05, 4.69) is 20.6 Å². The molecule has 1 heterocycles. The molecule has 0 radical (unpaired) electrons. The first-order valence-electron chi connectivity index (χ1n) is 9.96. The number of carbonyl (C=O) groups is 1. The van der Waals surface area contributed by atoms with Gasteiger partial charge in [-0.1, -0.05) is 23.7 Å². The summed E-state index contributed by atoms with van der Waals surface area (Å²) in [5.74, 6) is 0. The molecule has 0 spiro atoms. The Labute approximate surface area is 189 Å². The summed E-state index contributed by atoms with van der Waals surface area (Å²) in [5.41, 5.74) is 0.787. The van der Waals surface area contributed by atoms with Gasteiger partial charge in [-0.25, -0.2) is 9.48 Å². The first-order valence-corrected chi connectivity index (χ1v) is 10.3. The Morgan fingerprint density at radius 3 is 2.53 bits per heavy atom. The summed E-state index contributed by atoms with van der Waals surface area (Å²) in [6.07, 6.45) is -3.76. The summed E-state index contributed by atoms with van der Waals surface area (Å²) < 4.78 is 41.9. The Morgan fingerprint density at radius 2 is 1.91 bits per heavy atom. The van der Waals surface area contributed by atoms with Gasteiger partial charge < -0.3 is 15.5 Å². The minimum absolute atomic E-state index is 0.173. The fourth-order valence-corrected chi connectivity index (χ4v) is 3.38. The third-order valence-electron chi connectivity index (χ3n) is 4.77. The van der Waals surface area contributed by atoms with Gasteiger partial charge in [0.05, 0.1) is 17.6 Å². The topological polar surface area (TPSA) is 62.2 Å². The van der Waals surface area contributed by atoms with Crippen molar-refractivity contribution in [3.8, 4) is 5.69 Å². The van der Waals surface area contributed by atoms with E-state index in [0.29, 0.717) is 11.6 Å². The maximum Gasteiger partial charge on any atom is 0.435 e. The zero-order valence-electron chi connectivity index (χ0n) is 17.6. The standard InChI is InChI=1S/C22H23ClF3N5O/c1-3-30(18-6-4-5-15(2)13-18)12-11-27-21(32)29-19-14-28-31(20(19)22(24,25)26)17-9-7-16(23)8-10-17/h4-10,13-14H,3,11-12H2,1-2H3,(H2,27,29,32). The van der Waals surface area contributed by atoms with E-state index in [1.807, 2.05) is 38.1 Å². The smallest absolute Gasteiger partial charge is 0.370 e. The Hall–Kier alpha value is -3.20. The number of alkyl halides is 3. The SMILES string of the molecule is CCN(CCNC(=O)Nc1cnn(-c2ccc(Cl)cc2)c1C(F)(F)F)c1cccc(C)c1. The molecule has 0 bridgehead atoms. The molecule has 0 saturated heterocycles. The molecule has 0 unspecified atom stereocenters. The van der Waals surface area contributed by atoms with Gasteiger partial charge >= 0.3 is 12.2 Å². The van der Waals surface area contributed by atoms with Crippen LogP contribution in [-0.2, 0) is 6.18 Å². The van der Waals surface area contributed by atoms with Gasteiger partial charge in [0, 0.05) is 30.3 Å². The molecule has 3 aromatic rings. The quantitative estimate of drug-likeness (QED) is 0.484. The highest BCUT2D eigenvalue weighted by molar-refractivity contribution is 6.30. The van der Waals surface area contributed by atoms with Crippen molar-refractivity contribution >= 4 is 29.0 Å². The van der Waals surface area contributed by atoms with E-state index in [0.717, 1.165) is 28.7 Å². The lowest BCUT2D eigenvalue weighted by molar-refractivity contribution is -0.142. The lowest BCUT2D eigenvalue weighted by Crippen LogP contribution is -2.37. The number of nitrogens with zero attached hydrogens (tertiary/aromatic N) is 3. The number of urea groups is 1. The van der Waals surface area contributed by atoms with Crippen LogP contribution in [0.5, 0.6) is 0 Å². The predicted molar refractivity (Wildman–Crippen MR) is 120 cm³/mol. The number of anilines is 2. The van der Waals surface area contributed by atoms with Crippen molar-refractivity contribution in [2.75, 3.05) is 29.9 Å². The molecule has 3 rings (SSSR count). The van der Waals surface area contributed by atoms with Crippen LogP contribution in [0.4, 0.5) is 29.3 Å². The van der Waals surface area contributed by atoms with Crippen LogP contribution in [0.25, 0.3) is 5.69 Å². The molecule has 0 atom stereocenters. The average molecular weight is 466 g/mol. The van der Waals surface area contributed by atoms with Crippen molar-refractivity contribution < 1.29 is 18.0 Å². The largest absolute Gasteiger partial charge is 0.435 e. The maximum atomic E-state index is 13.7. The molecule has 32 heavy (non-hydrogen) atoms. The molecule has 2 aromatic carbocycles. The highest BCUT2D eigenvalue weighted by atomic mass is 35.5. The van der Waals surface area contributed by atoms with Crippen molar-refractivity contribution in [2.45, 2.75) is 20.0 Å². The second kappa shape index (κ2) is 9.95. The zero-order chi connectivity index (χ0) is 23.3. The molecule has 6 nitrogen and oxygen atoms in total. The number of likely N-dealkylation sites (N-methyl/N-ethyl adjacent to an activating group) is 1. The summed E-state index contributed by atoms with van der Waals surface area (Å²) in [4.78, 5) is 14.3. The Balaban J connectivity index is 1.67. The second-order valence-corrected chi connectivity index (χ2v) is 7.53.